The molecule has 4 saturated heterocycles. The highest BCUT2D eigenvalue weighted by molar-refractivity contribution is 5.77. The molecule has 1 aromatic heterocycles. The van der Waals surface area contributed by atoms with Gasteiger partial charge in [-0.2, -0.15) is 5.10 Å². The van der Waals surface area contributed by atoms with Crippen molar-refractivity contribution in [2.24, 2.45) is 5.92 Å². The Morgan fingerprint density at radius 2 is 2.03 bits per heavy atom. The van der Waals surface area contributed by atoms with E-state index in [9.17, 15) is 4.79 Å². The van der Waals surface area contributed by atoms with Crippen LogP contribution in [0.1, 0.15) is 36.4 Å². The minimum atomic E-state index is 0.271. The summed E-state index contributed by atoms with van der Waals surface area (Å²) in [6.45, 7) is 5.78. The Kier molecular flexibility index (Phi) is 4.82. The van der Waals surface area contributed by atoms with Crippen molar-refractivity contribution in [3.8, 4) is 5.75 Å². The van der Waals surface area contributed by atoms with E-state index in [0.29, 0.717) is 36.9 Å². The van der Waals surface area contributed by atoms with Gasteiger partial charge in [0.2, 0.25) is 5.91 Å². The van der Waals surface area contributed by atoms with Crippen LogP contribution in [0.5, 0.6) is 5.75 Å². The van der Waals surface area contributed by atoms with Crippen LogP contribution in [-0.2, 0) is 11.3 Å². The molecule has 1 aromatic carbocycles. The summed E-state index contributed by atoms with van der Waals surface area (Å²) in [4.78, 5) is 18.1. The molecular weight excluding hydrogens is 364 g/mol. The summed E-state index contributed by atoms with van der Waals surface area (Å²) in [6.07, 6.45) is 4.91. The molecule has 3 atom stereocenters. The van der Waals surface area contributed by atoms with Crippen LogP contribution in [0, 0.1) is 12.8 Å². The Morgan fingerprint density at radius 3 is 2.76 bits per heavy atom. The summed E-state index contributed by atoms with van der Waals surface area (Å²) in [5, 5.41) is 4.43. The third-order valence-corrected chi connectivity index (χ3v) is 7.17. The SMILES string of the molecule is COc1cccc(C2CN(C(=O)CCn3ccc(C)n3)C3C4CCN(CC4)C23)c1. The fourth-order valence-corrected chi connectivity index (χ4v) is 5.81. The van der Waals surface area contributed by atoms with Crippen LogP contribution in [0.15, 0.2) is 36.5 Å². The number of ether oxygens (including phenoxy) is 1. The number of fused-ring (bicyclic) bond motifs is 2. The first kappa shape index (κ1) is 18.7. The highest BCUT2D eigenvalue weighted by Gasteiger charge is 2.54. The van der Waals surface area contributed by atoms with Crippen molar-refractivity contribution >= 4 is 5.91 Å². The standard InChI is InChI=1S/C23H30N4O2/c1-16-6-12-26(24-16)13-9-21(28)27-15-20(18-4-3-5-19(14-18)29-2)23-22(27)17-7-10-25(23)11-8-17/h3-6,12,14,17,20,22-23H,7-11,13,15H2,1-2H3. The van der Waals surface area contributed by atoms with Gasteiger partial charge < -0.3 is 9.64 Å². The lowest BCUT2D eigenvalue weighted by atomic mass is 9.75. The maximum Gasteiger partial charge on any atom is 0.224 e. The van der Waals surface area contributed by atoms with Crippen LogP contribution in [-0.4, -0.2) is 64.3 Å². The van der Waals surface area contributed by atoms with Gasteiger partial charge in [0.05, 0.1) is 18.8 Å². The molecule has 4 aliphatic heterocycles. The fourth-order valence-electron chi connectivity index (χ4n) is 5.81. The molecule has 2 bridgehead atoms. The van der Waals surface area contributed by atoms with Gasteiger partial charge in [-0.3, -0.25) is 14.4 Å². The zero-order valence-electron chi connectivity index (χ0n) is 17.3. The van der Waals surface area contributed by atoms with Crippen molar-refractivity contribution < 1.29 is 9.53 Å². The van der Waals surface area contributed by atoms with Gasteiger partial charge in [-0.05, 0) is 62.5 Å². The summed E-state index contributed by atoms with van der Waals surface area (Å²) < 4.78 is 7.36. The molecule has 4 aliphatic rings. The zero-order valence-corrected chi connectivity index (χ0v) is 17.3. The number of piperidine rings is 3. The van der Waals surface area contributed by atoms with E-state index in [1.54, 1.807) is 7.11 Å². The van der Waals surface area contributed by atoms with Crippen molar-refractivity contribution in [3.05, 3.63) is 47.8 Å². The topological polar surface area (TPSA) is 50.6 Å². The van der Waals surface area contributed by atoms with E-state index < -0.39 is 0 Å². The first-order valence-corrected chi connectivity index (χ1v) is 10.8. The molecule has 0 aliphatic carbocycles. The number of hydrogen-bond acceptors (Lipinski definition) is 4. The second kappa shape index (κ2) is 7.48. The van der Waals surface area contributed by atoms with Crippen LogP contribution in [0.3, 0.4) is 0 Å². The van der Waals surface area contributed by atoms with Gasteiger partial charge in [-0.1, -0.05) is 12.1 Å². The Bertz CT molecular complexity index is 887. The molecule has 5 heterocycles. The van der Waals surface area contributed by atoms with E-state index in [0.717, 1.165) is 18.0 Å². The van der Waals surface area contributed by atoms with Gasteiger partial charge in [0.25, 0.3) is 0 Å². The summed E-state index contributed by atoms with van der Waals surface area (Å²) >= 11 is 0. The van der Waals surface area contributed by atoms with Crippen molar-refractivity contribution in [1.29, 1.82) is 0 Å². The van der Waals surface area contributed by atoms with Gasteiger partial charge >= 0.3 is 0 Å². The molecule has 6 heteroatoms. The minimum Gasteiger partial charge on any atom is -0.497 e. The van der Waals surface area contributed by atoms with E-state index in [1.165, 1.54) is 31.5 Å². The van der Waals surface area contributed by atoms with Crippen molar-refractivity contribution in [1.82, 2.24) is 19.6 Å². The summed E-state index contributed by atoms with van der Waals surface area (Å²) in [5.74, 6) is 2.16. The van der Waals surface area contributed by atoms with Crippen LogP contribution in [0.25, 0.3) is 0 Å². The van der Waals surface area contributed by atoms with E-state index in [2.05, 4.69) is 33.1 Å². The predicted octanol–water partition coefficient (Wildman–Crippen LogP) is 2.68. The van der Waals surface area contributed by atoms with E-state index in [4.69, 9.17) is 4.74 Å². The van der Waals surface area contributed by atoms with Crippen LogP contribution in [0.4, 0.5) is 0 Å². The normalized spacial score (nSPS) is 30.4. The number of rotatable bonds is 5. The number of hydrogen-bond donors (Lipinski definition) is 0. The number of aromatic nitrogens is 2. The van der Waals surface area contributed by atoms with Gasteiger partial charge in [-0.15, -0.1) is 0 Å². The van der Waals surface area contributed by atoms with E-state index >= 15 is 0 Å². The number of nitrogens with zero attached hydrogens (tertiary/aromatic N) is 4. The molecule has 0 radical (unpaired) electrons. The number of aryl methyl sites for hydroxylation is 2. The number of likely N-dealkylation sites (tertiary alicyclic amines) is 1. The molecule has 0 spiro atoms. The zero-order chi connectivity index (χ0) is 20.0. The molecule has 154 valence electrons. The minimum absolute atomic E-state index is 0.271. The highest BCUT2D eigenvalue weighted by atomic mass is 16.5. The van der Waals surface area contributed by atoms with Gasteiger partial charge in [0.15, 0.2) is 0 Å². The average Bonchev–Trinajstić information content (AvgIpc) is 3.38. The lowest BCUT2D eigenvalue weighted by Crippen LogP contribution is -2.60. The summed E-state index contributed by atoms with van der Waals surface area (Å²) in [5.41, 5.74) is 2.29. The molecular formula is C23H30N4O2. The van der Waals surface area contributed by atoms with Crippen LogP contribution in [0.2, 0.25) is 0 Å². The Hall–Kier alpha value is -2.34. The van der Waals surface area contributed by atoms with Gasteiger partial charge in [-0.25, -0.2) is 0 Å². The van der Waals surface area contributed by atoms with Crippen molar-refractivity contribution in [2.75, 3.05) is 26.7 Å². The quantitative estimate of drug-likeness (QED) is 0.782. The van der Waals surface area contributed by atoms with E-state index in [1.807, 2.05) is 29.9 Å². The number of methoxy groups -OCH3 is 1. The lowest BCUT2D eigenvalue weighted by Gasteiger charge is -2.51. The predicted molar refractivity (Wildman–Crippen MR) is 111 cm³/mol. The number of carbonyl (C=O) groups is 1. The Morgan fingerprint density at radius 1 is 1.21 bits per heavy atom. The second-order valence-corrected chi connectivity index (χ2v) is 8.75. The largest absolute Gasteiger partial charge is 0.497 e. The molecule has 2 aromatic rings. The second-order valence-electron chi connectivity index (χ2n) is 8.75. The third-order valence-electron chi connectivity index (χ3n) is 7.17. The highest BCUT2D eigenvalue weighted by Crippen LogP contribution is 2.47. The molecule has 29 heavy (non-hydrogen) atoms. The maximum atomic E-state index is 13.3. The molecule has 6 rings (SSSR count). The number of benzene rings is 1. The van der Waals surface area contributed by atoms with Crippen molar-refractivity contribution in [3.63, 3.8) is 0 Å². The molecule has 0 saturated carbocycles. The van der Waals surface area contributed by atoms with Gasteiger partial charge in [0, 0.05) is 37.7 Å². The molecule has 0 N–H and O–H groups in total. The maximum absolute atomic E-state index is 13.3. The summed E-state index contributed by atoms with van der Waals surface area (Å²) in [7, 11) is 1.72. The average molecular weight is 395 g/mol. The first-order chi connectivity index (χ1) is 14.1. The first-order valence-electron chi connectivity index (χ1n) is 10.8. The Labute approximate surface area is 172 Å². The number of amides is 1. The van der Waals surface area contributed by atoms with E-state index in [-0.39, 0.29) is 5.91 Å². The van der Waals surface area contributed by atoms with Gasteiger partial charge in [0.1, 0.15) is 5.75 Å². The number of carbonyl (C=O) groups excluding carboxylic acids is 1. The van der Waals surface area contributed by atoms with Crippen LogP contribution >= 0.6 is 0 Å². The molecule has 4 fully saturated rings. The fraction of sp³-hybridized carbons (Fsp3) is 0.565. The lowest BCUT2D eigenvalue weighted by molar-refractivity contribution is -0.136. The third kappa shape index (κ3) is 3.33. The Balaban J connectivity index is 1.39. The van der Waals surface area contributed by atoms with Crippen LogP contribution < -0.4 is 4.74 Å². The van der Waals surface area contributed by atoms with Crippen molar-refractivity contribution in [2.45, 2.75) is 50.7 Å². The monoisotopic (exact) mass is 394 g/mol. The molecule has 3 unspecified atom stereocenters. The molecule has 1 amide bonds. The smallest absolute Gasteiger partial charge is 0.224 e. The molecule has 6 nitrogen and oxygen atoms in total. The summed E-state index contributed by atoms with van der Waals surface area (Å²) in [6, 6.07) is 11.2.